The van der Waals surface area contributed by atoms with E-state index in [4.69, 9.17) is 4.74 Å². The maximum atomic E-state index is 12.1. The summed E-state index contributed by atoms with van der Waals surface area (Å²) in [6.07, 6.45) is -4.00. The third kappa shape index (κ3) is 1.66. The molecule has 4 nitrogen and oxygen atoms in total. The van der Waals surface area contributed by atoms with Gasteiger partial charge in [-0.2, -0.15) is 13.2 Å². The molecule has 1 saturated heterocycles. The van der Waals surface area contributed by atoms with Crippen LogP contribution in [0.15, 0.2) is 0 Å². The number of fused-ring (bicyclic) bond motifs is 2. The van der Waals surface area contributed by atoms with E-state index >= 15 is 0 Å². The molecule has 1 heterocycles. The molecular formula is C12H15F3O4. The molecule has 19 heavy (non-hydrogen) atoms. The van der Waals surface area contributed by atoms with Gasteiger partial charge in [-0.1, -0.05) is 13.8 Å². The molecule has 1 aliphatic carbocycles. The third-order valence-electron chi connectivity index (χ3n) is 4.78. The first-order valence-electron chi connectivity index (χ1n) is 5.94. The molecule has 108 valence electrons. The number of carbonyl (C=O) groups is 2. The van der Waals surface area contributed by atoms with E-state index in [1.54, 1.807) is 20.8 Å². The lowest BCUT2D eigenvalue weighted by Gasteiger charge is -2.34. The Morgan fingerprint density at radius 3 is 2.26 bits per heavy atom. The Morgan fingerprint density at radius 2 is 1.89 bits per heavy atom. The largest absolute Gasteiger partial charge is 0.453 e. The van der Waals surface area contributed by atoms with Crippen LogP contribution >= 0.6 is 0 Å². The fourth-order valence-corrected chi connectivity index (χ4v) is 2.97. The van der Waals surface area contributed by atoms with Gasteiger partial charge < -0.3 is 9.47 Å². The van der Waals surface area contributed by atoms with Crippen LogP contribution in [0.2, 0.25) is 0 Å². The molecule has 0 aromatic carbocycles. The summed E-state index contributed by atoms with van der Waals surface area (Å²) in [4.78, 5) is 23.8. The van der Waals surface area contributed by atoms with Crippen molar-refractivity contribution < 1.29 is 32.2 Å². The normalized spacial score (nSPS) is 36.2. The van der Waals surface area contributed by atoms with Gasteiger partial charge in [-0.25, -0.2) is 4.79 Å². The van der Waals surface area contributed by atoms with Crippen LogP contribution in [-0.4, -0.2) is 30.3 Å². The number of ether oxygens (including phenoxy) is 2. The van der Waals surface area contributed by atoms with Crippen molar-refractivity contribution in [3.63, 3.8) is 0 Å². The maximum Gasteiger partial charge on any atom is 0.422 e. The summed E-state index contributed by atoms with van der Waals surface area (Å²) in [7, 11) is 0. The van der Waals surface area contributed by atoms with E-state index in [1.807, 2.05) is 0 Å². The Kier molecular flexibility index (Phi) is 2.71. The lowest BCUT2D eigenvalue weighted by molar-refractivity contribution is -0.206. The van der Waals surface area contributed by atoms with E-state index in [-0.39, 0.29) is 6.42 Å². The second kappa shape index (κ2) is 3.64. The van der Waals surface area contributed by atoms with Crippen LogP contribution in [0.25, 0.3) is 0 Å². The van der Waals surface area contributed by atoms with Gasteiger partial charge in [-0.15, -0.1) is 0 Å². The second-order valence-electron chi connectivity index (χ2n) is 5.86. The molecule has 0 radical (unpaired) electrons. The molecule has 2 unspecified atom stereocenters. The predicted molar refractivity (Wildman–Crippen MR) is 57.0 cm³/mol. The number of esters is 2. The van der Waals surface area contributed by atoms with E-state index in [9.17, 15) is 22.8 Å². The smallest absolute Gasteiger partial charge is 0.422 e. The van der Waals surface area contributed by atoms with Crippen molar-refractivity contribution in [3.8, 4) is 0 Å². The zero-order chi connectivity index (χ0) is 14.7. The van der Waals surface area contributed by atoms with Gasteiger partial charge in [0.1, 0.15) is 0 Å². The topological polar surface area (TPSA) is 52.6 Å². The molecule has 0 N–H and O–H groups in total. The molecule has 0 amide bonds. The van der Waals surface area contributed by atoms with Crippen molar-refractivity contribution in [2.75, 3.05) is 6.61 Å². The lowest BCUT2D eigenvalue weighted by Crippen LogP contribution is -2.49. The highest BCUT2D eigenvalue weighted by molar-refractivity contribution is 5.93. The van der Waals surface area contributed by atoms with Crippen molar-refractivity contribution in [2.24, 2.45) is 10.8 Å². The molecule has 2 atom stereocenters. The average molecular weight is 280 g/mol. The van der Waals surface area contributed by atoms with E-state index in [2.05, 4.69) is 4.74 Å². The summed E-state index contributed by atoms with van der Waals surface area (Å²) >= 11 is 0. The zero-order valence-corrected chi connectivity index (χ0v) is 10.9. The number of hydrogen-bond acceptors (Lipinski definition) is 4. The Bertz CT molecular complexity index is 443. The van der Waals surface area contributed by atoms with E-state index in [0.717, 1.165) is 0 Å². The molecular weight excluding hydrogens is 265 g/mol. The summed E-state index contributed by atoms with van der Waals surface area (Å²) in [5.41, 5.74) is -3.34. The molecule has 2 rings (SSSR count). The minimum absolute atomic E-state index is 0.193. The monoisotopic (exact) mass is 280 g/mol. The van der Waals surface area contributed by atoms with Crippen molar-refractivity contribution in [1.82, 2.24) is 0 Å². The molecule has 1 aliphatic heterocycles. The lowest BCUT2D eigenvalue weighted by atomic mass is 9.66. The molecule has 2 bridgehead atoms. The van der Waals surface area contributed by atoms with Crippen LogP contribution in [-0.2, 0) is 19.1 Å². The summed E-state index contributed by atoms with van der Waals surface area (Å²) in [6.45, 7) is 3.30. The summed E-state index contributed by atoms with van der Waals surface area (Å²) in [5, 5.41) is 0. The third-order valence-corrected chi connectivity index (χ3v) is 4.78. The Balaban J connectivity index is 2.25. The first kappa shape index (κ1) is 14.1. The first-order chi connectivity index (χ1) is 8.46. The maximum absolute atomic E-state index is 12.1. The summed E-state index contributed by atoms with van der Waals surface area (Å²) < 4.78 is 45.7. The minimum atomic E-state index is -4.60. The molecule has 0 aromatic rings. The quantitative estimate of drug-likeness (QED) is 0.728. The van der Waals surface area contributed by atoms with Crippen LogP contribution in [0.5, 0.6) is 0 Å². The van der Waals surface area contributed by atoms with Crippen LogP contribution in [0.3, 0.4) is 0 Å². The van der Waals surface area contributed by atoms with Gasteiger partial charge in [-0.3, -0.25) is 4.79 Å². The van der Waals surface area contributed by atoms with Gasteiger partial charge >= 0.3 is 18.1 Å². The number of carbonyl (C=O) groups excluding carboxylic acids is 2. The Hall–Kier alpha value is -1.27. The fourth-order valence-electron chi connectivity index (χ4n) is 2.97. The van der Waals surface area contributed by atoms with E-state index < -0.39 is 41.2 Å². The highest BCUT2D eigenvalue weighted by atomic mass is 19.4. The molecule has 0 aromatic heterocycles. The van der Waals surface area contributed by atoms with Crippen LogP contribution in [0, 0.1) is 10.8 Å². The molecule has 0 spiro atoms. The van der Waals surface area contributed by atoms with Crippen molar-refractivity contribution in [3.05, 3.63) is 0 Å². The van der Waals surface area contributed by atoms with E-state index in [0.29, 0.717) is 6.42 Å². The van der Waals surface area contributed by atoms with Gasteiger partial charge in [0, 0.05) is 5.41 Å². The van der Waals surface area contributed by atoms with Gasteiger partial charge in [0.2, 0.25) is 5.60 Å². The summed E-state index contributed by atoms with van der Waals surface area (Å²) in [5.74, 6) is -1.66. The fraction of sp³-hybridized carbons (Fsp3) is 0.833. The van der Waals surface area contributed by atoms with Crippen molar-refractivity contribution in [1.29, 1.82) is 0 Å². The van der Waals surface area contributed by atoms with Gasteiger partial charge in [0.05, 0.1) is 5.41 Å². The van der Waals surface area contributed by atoms with Crippen LogP contribution in [0.4, 0.5) is 13.2 Å². The van der Waals surface area contributed by atoms with Gasteiger partial charge in [0.25, 0.3) is 0 Å². The molecule has 2 aliphatic rings. The van der Waals surface area contributed by atoms with Crippen LogP contribution in [0.1, 0.15) is 33.6 Å². The van der Waals surface area contributed by atoms with Gasteiger partial charge in [0.15, 0.2) is 6.61 Å². The zero-order valence-electron chi connectivity index (χ0n) is 10.9. The Morgan fingerprint density at radius 1 is 1.32 bits per heavy atom. The number of hydrogen-bond donors (Lipinski definition) is 0. The molecule has 1 saturated carbocycles. The second-order valence-corrected chi connectivity index (χ2v) is 5.86. The highest BCUT2D eigenvalue weighted by Gasteiger charge is 2.76. The minimum Gasteiger partial charge on any atom is -0.453 e. The summed E-state index contributed by atoms with van der Waals surface area (Å²) in [6, 6.07) is 0. The highest BCUT2D eigenvalue weighted by Crippen LogP contribution is 2.65. The molecule has 7 heteroatoms. The van der Waals surface area contributed by atoms with E-state index in [1.165, 1.54) is 0 Å². The van der Waals surface area contributed by atoms with Gasteiger partial charge in [-0.05, 0) is 19.8 Å². The molecule has 2 fully saturated rings. The average Bonchev–Trinajstić information content (AvgIpc) is 2.55. The number of halogens is 3. The SMILES string of the molecule is CC12CCC(C(=O)OCC(F)(F)F)(OC1=O)C2(C)C. The number of alkyl halides is 3. The van der Waals surface area contributed by atoms with Crippen molar-refractivity contribution >= 4 is 11.9 Å². The predicted octanol–water partition coefficient (Wildman–Crippen LogP) is 2.21. The Labute approximate surface area is 108 Å². The van der Waals surface area contributed by atoms with Crippen LogP contribution < -0.4 is 0 Å². The first-order valence-corrected chi connectivity index (χ1v) is 5.94. The number of rotatable bonds is 2. The standard InChI is InChI=1S/C12H15F3O4/c1-9(2)10(3)4-5-11(9,19-7(10)16)8(17)18-6-12(13,14)15/h4-6H2,1-3H3. The van der Waals surface area contributed by atoms with Crippen molar-refractivity contribution in [2.45, 2.75) is 45.4 Å².